The molecule has 1 saturated heterocycles. The fraction of sp³-hybridized carbons (Fsp3) is 0.900. The van der Waals surface area contributed by atoms with Crippen LogP contribution in [0.5, 0.6) is 0 Å². The van der Waals surface area contributed by atoms with Gasteiger partial charge in [0.25, 0.3) is 0 Å². The van der Waals surface area contributed by atoms with E-state index in [1.54, 1.807) is 0 Å². The average Bonchev–Trinajstić information content (AvgIpc) is 2.16. The molecule has 0 aromatic carbocycles. The number of aliphatic carboxylic acids is 1. The molecule has 1 aliphatic heterocycles. The van der Waals surface area contributed by atoms with E-state index in [0.717, 1.165) is 32.1 Å². The molecular weight excluding hydrogens is 196 g/mol. The lowest BCUT2D eigenvalue weighted by Gasteiger charge is -2.46. The van der Waals surface area contributed by atoms with Crippen LogP contribution in [0.2, 0.25) is 0 Å². The summed E-state index contributed by atoms with van der Waals surface area (Å²) in [7, 11) is 0. The Labute approximate surface area is 88.4 Å². The predicted octanol–water partition coefficient (Wildman–Crippen LogP) is 1.63. The van der Waals surface area contributed by atoms with Gasteiger partial charge >= 0.3 is 5.97 Å². The Hall–Kier alpha value is -1.13. The normalized spacial score (nSPS) is 25.7. The lowest BCUT2D eigenvalue weighted by Crippen LogP contribution is -2.48. The highest BCUT2D eigenvalue weighted by Gasteiger charge is 2.50. The van der Waals surface area contributed by atoms with Crippen LogP contribution in [-0.2, 0) is 4.79 Å². The van der Waals surface area contributed by atoms with E-state index in [0.29, 0.717) is 13.1 Å². The summed E-state index contributed by atoms with van der Waals surface area (Å²) >= 11 is 0. The van der Waals surface area contributed by atoms with Gasteiger partial charge in [0.05, 0.1) is 10.7 Å². The molecule has 2 aliphatic rings. The maximum absolute atomic E-state index is 11.3. The van der Waals surface area contributed by atoms with Crippen molar-refractivity contribution in [2.75, 3.05) is 13.1 Å². The Kier molecular flexibility index (Phi) is 2.63. The van der Waals surface area contributed by atoms with Crippen LogP contribution in [-0.4, -0.2) is 29.2 Å². The highest BCUT2D eigenvalue weighted by atomic mass is 16.4. The molecule has 5 nitrogen and oxygen atoms in total. The summed E-state index contributed by atoms with van der Waals surface area (Å²) < 4.78 is 0. The maximum atomic E-state index is 11.3. The van der Waals surface area contributed by atoms with Crippen LogP contribution in [0.4, 0.5) is 0 Å². The molecule has 5 heteroatoms. The van der Waals surface area contributed by atoms with Gasteiger partial charge in [0, 0.05) is 13.1 Å². The van der Waals surface area contributed by atoms with Crippen molar-refractivity contribution in [1.29, 1.82) is 0 Å². The zero-order valence-electron chi connectivity index (χ0n) is 8.69. The predicted molar refractivity (Wildman–Crippen MR) is 54.0 cm³/mol. The summed E-state index contributed by atoms with van der Waals surface area (Å²) in [5, 5.41) is 13.6. The highest BCUT2D eigenvalue weighted by molar-refractivity contribution is 5.76. The molecule has 1 saturated carbocycles. The SMILES string of the molecule is O=NN1CCC(C2(C(=O)O)CCC2)CC1. The van der Waals surface area contributed by atoms with Crippen molar-refractivity contribution in [1.82, 2.24) is 5.01 Å². The molecule has 1 heterocycles. The molecule has 0 spiro atoms. The Morgan fingerprint density at radius 3 is 2.27 bits per heavy atom. The lowest BCUT2D eigenvalue weighted by molar-refractivity contribution is -0.161. The summed E-state index contributed by atoms with van der Waals surface area (Å²) in [5.74, 6) is -0.409. The smallest absolute Gasteiger partial charge is 0.309 e. The minimum Gasteiger partial charge on any atom is -0.481 e. The van der Waals surface area contributed by atoms with Gasteiger partial charge in [0.2, 0.25) is 0 Å². The van der Waals surface area contributed by atoms with Crippen molar-refractivity contribution in [3.05, 3.63) is 4.91 Å². The quantitative estimate of drug-likeness (QED) is 0.722. The maximum Gasteiger partial charge on any atom is 0.309 e. The molecule has 0 aromatic heterocycles. The third-order valence-corrected chi connectivity index (χ3v) is 4.04. The van der Waals surface area contributed by atoms with Gasteiger partial charge in [-0.2, -0.15) is 0 Å². The van der Waals surface area contributed by atoms with E-state index in [9.17, 15) is 14.8 Å². The summed E-state index contributed by atoms with van der Waals surface area (Å²) in [6.45, 7) is 1.23. The van der Waals surface area contributed by atoms with Crippen molar-refractivity contribution >= 4 is 5.97 Å². The van der Waals surface area contributed by atoms with Crippen molar-refractivity contribution in [2.45, 2.75) is 32.1 Å². The van der Waals surface area contributed by atoms with E-state index >= 15 is 0 Å². The van der Waals surface area contributed by atoms with Gasteiger partial charge in [-0.15, -0.1) is 4.91 Å². The second-order valence-corrected chi connectivity index (χ2v) is 4.62. The minimum absolute atomic E-state index is 0.238. The van der Waals surface area contributed by atoms with Crippen molar-refractivity contribution in [3.63, 3.8) is 0 Å². The van der Waals surface area contributed by atoms with Crippen molar-refractivity contribution < 1.29 is 9.90 Å². The van der Waals surface area contributed by atoms with E-state index in [1.165, 1.54) is 5.01 Å². The Bertz CT molecular complexity index is 268. The third kappa shape index (κ3) is 1.60. The molecule has 15 heavy (non-hydrogen) atoms. The summed E-state index contributed by atoms with van der Waals surface area (Å²) in [5.41, 5.74) is -0.477. The number of nitrogens with zero attached hydrogens (tertiary/aromatic N) is 2. The van der Waals surface area contributed by atoms with Crippen LogP contribution in [0.3, 0.4) is 0 Å². The Morgan fingerprint density at radius 1 is 1.33 bits per heavy atom. The molecule has 1 N–H and O–H groups in total. The second-order valence-electron chi connectivity index (χ2n) is 4.62. The van der Waals surface area contributed by atoms with E-state index < -0.39 is 11.4 Å². The van der Waals surface area contributed by atoms with Crippen molar-refractivity contribution in [2.24, 2.45) is 16.6 Å². The van der Waals surface area contributed by atoms with Crippen molar-refractivity contribution in [3.8, 4) is 0 Å². The highest BCUT2D eigenvalue weighted by Crippen LogP contribution is 2.50. The number of piperidine rings is 1. The largest absolute Gasteiger partial charge is 0.481 e. The molecule has 0 atom stereocenters. The first-order chi connectivity index (χ1) is 7.19. The molecule has 0 aromatic rings. The van der Waals surface area contributed by atoms with Crippen LogP contribution in [0.15, 0.2) is 5.29 Å². The van der Waals surface area contributed by atoms with Gasteiger partial charge in [-0.3, -0.25) is 9.80 Å². The van der Waals surface area contributed by atoms with Crippen LogP contribution in [0.25, 0.3) is 0 Å². The first-order valence-electron chi connectivity index (χ1n) is 5.51. The molecule has 1 aliphatic carbocycles. The van der Waals surface area contributed by atoms with Crippen LogP contribution >= 0.6 is 0 Å². The van der Waals surface area contributed by atoms with Gasteiger partial charge in [-0.05, 0) is 31.6 Å². The summed E-state index contributed by atoms with van der Waals surface area (Å²) in [6.07, 6.45) is 4.22. The van der Waals surface area contributed by atoms with Gasteiger partial charge in [-0.25, -0.2) is 0 Å². The topological polar surface area (TPSA) is 70.0 Å². The standard InChI is InChI=1S/C10H16N2O3/c13-9(14)10(4-1-5-10)8-2-6-12(11-15)7-3-8/h8H,1-7H2,(H,13,14). The molecule has 2 rings (SSSR count). The fourth-order valence-electron chi connectivity index (χ4n) is 2.85. The van der Waals surface area contributed by atoms with E-state index in [1.807, 2.05) is 0 Å². The van der Waals surface area contributed by atoms with Gasteiger partial charge in [0.1, 0.15) is 0 Å². The number of carbonyl (C=O) groups is 1. The van der Waals surface area contributed by atoms with Crippen LogP contribution in [0.1, 0.15) is 32.1 Å². The fourth-order valence-corrected chi connectivity index (χ4v) is 2.85. The third-order valence-electron chi connectivity index (χ3n) is 4.04. The monoisotopic (exact) mass is 212 g/mol. The zero-order chi connectivity index (χ0) is 10.9. The second kappa shape index (κ2) is 3.79. The van der Waals surface area contributed by atoms with E-state index in [4.69, 9.17) is 0 Å². The van der Waals surface area contributed by atoms with E-state index in [2.05, 4.69) is 5.29 Å². The zero-order valence-corrected chi connectivity index (χ0v) is 8.69. The van der Waals surface area contributed by atoms with Gasteiger partial charge in [0.15, 0.2) is 0 Å². The van der Waals surface area contributed by atoms with Crippen LogP contribution in [0, 0.1) is 16.2 Å². The van der Waals surface area contributed by atoms with Gasteiger partial charge < -0.3 is 5.11 Å². The van der Waals surface area contributed by atoms with E-state index in [-0.39, 0.29) is 5.92 Å². The molecule has 0 bridgehead atoms. The molecular formula is C10H16N2O3. The lowest BCUT2D eigenvalue weighted by atomic mass is 9.59. The molecule has 0 radical (unpaired) electrons. The first-order valence-corrected chi connectivity index (χ1v) is 5.51. The molecule has 0 unspecified atom stereocenters. The molecule has 0 amide bonds. The number of carboxylic acid groups (broad SMARTS) is 1. The molecule has 84 valence electrons. The Morgan fingerprint density at radius 2 is 1.93 bits per heavy atom. The van der Waals surface area contributed by atoms with Crippen LogP contribution < -0.4 is 0 Å². The minimum atomic E-state index is -0.647. The van der Waals surface area contributed by atoms with Gasteiger partial charge in [-0.1, -0.05) is 6.42 Å². The first kappa shape index (κ1) is 10.4. The summed E-state index contributed by atoms with van der Waals surface area (Å²) in [6, 6.07) is 0. The number of nitroso groups, excluding NO2 is 1. The summed E-state index contributed by atoms with van der Waals surface area (Å²) in [4.78, 5) is 21.5. The average molecular weight is 212 g/mol. The Balaban J connectivity index is 1.99. The number of carboxylic acids is 1. The number of hydrogen-bond donors (Lipinski definition) is 1. The molecule has 2 fully saturated rings. The number of hydrogen-bond acceptors (Lipinski definition) is 3. The number of rotatable bonds is 3.